The average molecular weight is 258 g/mol. The number of phenolic OH excluding ortho intramolecular Hbond substituents is 1. The number of halogens is 1. The van der Waals surface area contributed by atoms with Gasteiger partial charge in [0.15, 0.2) is 0 Å². The summed E-state index contributed by atoms with van der Waals surface area (Å²) < 4.78 is 0. The second-order valence-electron chi connectivity index (χ2n) is 3.76. The molecule has 0 spiro atoms. The molecule has 18 heavy (non-hydrogen) atoms. The van der Waals surface area contributed by atoms with Crippen LogP contribution < -0.4 is 0 Å². The summed E-state index contributed by atoms with van der Waals surface area (Å²) in [6, 6.07) is 12.5. The van der Waals surface area contributed by atoms with E-state index in [1.807, 2.05) is 24.3 Å². The fourth-order valence-electron chi connectivity index (χ4n) is 1.46. The number of hydrogen-bond donors (Lipinski definition) is 1. The summed E-state index contributed by atoms with van der Waals surface area (Å²) in [6.45, 7) is 3.69. The van der Waals surface area contributed by atoms with Crippen LogP contribution in [-0.2, 0) is 0 Å². The Morgan fingerprint density at radius 2 is 1.72 bits per heavy atom. The maximum absolute atomic E-state index is 9.61. The number of nitrogens with zero attached hydrogens (tertiary/aromatic N) is 1. The van der Waals surface area contributed by atoms with Crippen LogP contribution in [0.15, 0.2) is 54.0 Å². The Hall–Kier alpha value is -2.06. The van der Waals surface area contributed by atoms with E-state index < -0.39 is 0 Å². The van der Waals surface area contributed by atoms with Gasteiger partial charge in [0.2, 0.25) is 0 Å². The highest BCUT2D eigenvalue weighted by molar-refractivity contribution is 6.30. The Bertz CT molecular complexity index is 588. The van der Waals surface area contributed by atoms with Gasteiger partial charge in [-0.05, 0) is 29.3 Å². The minimum absolute atomic E-state index is 0.110. The summed E-state index contributed by atoms with van der Waals surface area (Å²) in [4.78, 5) is 4.21. The molecule has 0 saturated heterocycles. The molecule has 2 rings (SSSR count). The number of aromatic hydroxyl groups is 1. The summed E-state index contributed by atoms with van der Waals surface area (Å²) in [5.74, 6) is 0.110. The fourth-order valence-corrected chi connectivity index (χ4v) is 1.63. The first-order valence-electron chi connectivity index (χ1n) is 5.44. The second kappa shape index (κ2) is 5.52. The number of aliphatic imine (C=N–C) groups is 1. The minimum Gasteiger partial charge on any atom is -0.506 e. The topological polar surface area (TPSA) is 32.6 Å². The molecule has 0 saturated carbocycles. The smallest absolute Gasteiger partial charge is 0.141 e. The van der Waals surface area contributed by atoms with E-state index in [4.69, 9.17) is 11.6 Å². The molecule has 0 aliphatic rings. The first-order valence-corrected chi connectivity index (χ1v) is 5.82. The molecule has 0 aromatic heterocycles. The van der Waals surface area contributed by atoms with Crippen LogP contribution in [0.2, 0.25) is 5.02 Å². The molecule has 0 heterocycles. The molecule has 0 bridgehead atoms. The van der Waals surface area contributed by atoms with Gasteiger partial charge < -0.3 is 5.11 Å². The first-order chi connectivity index (χ1) is 8.69. The lowest BCUT2D eigenvalue weighted by Crippen LogP contribution is -1.80. The molecule has 2 aromatic carbocycles. The van der Waals surface area contributed by atoms with Gasteiger partial charge >= 0.3 is 0 Å². The van der Waals surface area contributed by atoms with Crippen LogP contribution >= 0.6 is 11.6 Å². The molecular formula is C15H12ClNO. The molecule has 0 fully saturated rings. The molecule has 3 heteroatoms. The predicted octanol–water partition coefficient (Wildman–Crippen LogP) is 4.44. The van der Waals surface area contributed by atoms with Crippen molar-refractivity contribution in [3.63, 3.8) is 0 Å². The largest absolute Gasteiger partial charge is 0.506 e. The van der Waals surface area contributed by atoms with Crippen molar-refractivity contribution in [3.05, 3.63) is 65.2 Å². The molecule has 2 nitrogen and oxygen atoms in total. The summed E-state index contributed by atoms with van der Waals surface area (Å²) in [5.41, 5.74) is 2.45. The molecule has 0 unspecified atom stereocenters. The van der Waals surface area contributed by atoms with Crippen LogP contribution in [-0.4, -0.2) is 11.3 Å². The zero-order chi connectivity index (χ0) is 13.0. The molecule has 0 amide bonds. The summed E-state index contributed by atoms with van der Waals surface area (Å²) in [6.07, 6.45) is 3.46. The molecule has 0 aliphatic carbocycles. The zero-order valence-electron chi connectivity index (χ0n) is 9.68. The van der Waals surface area contributed by atoms with Crippen molar-refractivity contribution in [2.24, 2.45) is 4.99 Å². The van der Waals surface area contributed by atoms with Crippen molar-refractivity contribution in [3.8, 4) is 5.75 Å². The van der Waals surface area contributed by atoms with Crippen LogP contribution in [0.25, 0.3) is 6.08 Å². The maximum atomic E-state index is 9.61. The molecule has 90 valence electrons. The van der Waals surface area contributed by atoms with Gasteiger partial charge in [0.1, 0.15) is 11.4 Å². The van der Waals surface area contributed by atoms with Gasteiger partial charge in [-0.2, -0.15) is 0 Å². The zero-order valence-corrected chi connectivity index (χ0v) is 10.4. The Morgan fingerprint density at radius 1 is 1.06 bits per heavy atom. The van der Waals surface area contributed by atoms with Gasteiger partial charge in [-0.3, -0.25) is 4.99 Å². The quantitative estimate of drug-likeness (QED) is 0.810. The van der Waals surface area contributed by atoms with E-state index >= 15 is 0 Å². The van der Waals surface area contributed by atoms with Crippen LogP contribution in [0, 0.1) is 0 Å². The third kappa shape index (κ3) is 2.99. The van der Waals surface area contributed by atoms with Gasteiger partial charge in [0, 0.05) is 11.2 Å². The highest BCUT2D eigenvalue weighted by Gasteiger charge is 1.99. The van der Waals surface area contributed by atoms with Crippen molar-refractivity contribution < 1.29 is 5.11 Å². The van der Waals surface area contributed by atoms with Gasteiger partial charge in [0.25, 0.3) is 0 Å². The number of benzene rings is 2. The Kier molecular flexibility index (Phi) is 3.80. The molecule has 1 N–H and O–H groups in total. The number of hydrogen-bond acceptors (Lipinski definition) is 2. The molecule has 0 aliphatic heterocycles. The lowest BCUT2D eigenvalue weighted by molar-refractivity contribution is 0.477. The lowest BCUT2D eigenvalue weighted by Gasteiger charge is -1.99. The van der Waals surface area contributed by atoms with Crippen LogP contribution in [0.4, 0.5) is 5.69 Å². The van der Waals surface area contributed by atoms with Gasteiger partial charge in [-0.25, -0.2) is 0 Å². The highest BCUT2D eigenvalue weighted by atomic mass is 35.5. The SMILES string of the molecule is C=Cc1ccc(C=Nc2cc(Cl)ccc2O)cc1. The van der Waals surface area contributed by atoms with Gasteiger partial charge in [0.05, 0.1) is 0 Å². The van der Waals surface area contributed by atoms with Crippen molar-refractivity contribution in [1.29, 1.82) is 0 Å². The van der Waals surface area contributed by atoms with E-state index in [0.717, 1.165) is 11.1 Å². The lowest BCUT2D eigenvalue weighted by atomic mass is 10.1. The third-order valence-corrected chi connectivity index (χ3v) is 2.70. The van der Waals surface area contributed by atoms with Crippen LogP contribution in [0.1, 0.15) is 11.1 Å². The molecular weight excluding hydrogens is 246 g/mol. The van der Waals surface area contributed by atoms with E-state index in [9.17, 15) is 5.11 Å². The van der Waals surface area contributed by atoms with E-state index in [0.29, 0.717) is 10.7 Å². The Labute approximate surface area is 111 Å². The van der Waals surface area contributed by atoms with Gasteiger partial charge in [-0.15, -0.1) is 0 Å². The van der Waals surface area contributed by atoms with Crippen molar-refractivity contribution in [1.82, 2.24) is 0 Å². The van der Waals surface area contributed by atoms with E-state index in [2.05, 4.69) is 11.6 Å². The molecule has 0 atom stereocenters. The van der Waals surface area contributed by atoms with E-state index in [1.165, 1.54) is 6.07 Å². The molecule has 2 aromatic rings. The number of rotatable bonds is 3. The summed E-state index contributed by atoms with van der Waals surface area (Å²) >= 11 is 5.84. The standard InChI is InChI=1S/C15H12ClNO/c1-2-11-3-5-12(6-4-11)10-17-14-9-13(16)7-8-15(14)18/h2-10,18H,1H2. The molecule has 0 radical (unpaired) electrons. The average Bonchev–Trinajstić information content (AvgIpc) is 2.40. The summed E-state index contributed by atoms with van der Waals surface area (Å²) in [5, 5.41) is 10.2. The van der Waals surface area contributed by atoms with Gasteiger partial charge in [-0.1, -0.05) is 48.5 Å². The third-order valence-electron chi connectivity index (χ3n) is 2.46. The van der Waals surface area contributed by atoms with Crippen LogP contribution in [0.3, 0.4) is 0 Å². The van der Waals surface area contributed by atoms with Crippen molar-refractivity contribution in [2.45, 2.75) is 0 Å². The summed E-state index contributed by atoms with van der Waals surface area (Å²) in [7, 11) is 0. The van der Waals surface area contributed by atoms with Crippen molar-refractivity contribution in [2.75, 3.05) is 0 Å². The predicted molar refractivity (Wildman–Crippen MR) is 76.9 cm³/mol. The highest BCUT2D eigenvalue weighted by Crippen LogP contribution is 2.29. The first kappa shape index (κ1) is 12.4. The maximum Gasteiger partial charge on any atom is 0.141 e. The monoisotopic (exact) mass is 257 g/mol. The van der Waals surface area contributed by atoms with E-state index in [1.54, 1.807) is 24.4 Å². The minimum atomic E-state index is 0.110. The second-order valence-corrected chi connectivity index (χ2v) is 4.20. The fraction of sp³-hybridized carbons (Fsp3) is 0. The van der Waals surface area contributed by atoms with Crippen molar-refractivity contribution >= 4 is 29.6 Å². The Morgan fingerprint density at radius 3 is 2.39 bits per heavy atom. The number of phenols is 1. The normalized spacial score (nSPS) is 10.7. The van der Waals surface area contributed by atoms with E-state index in [-0.39, 0.29) is 5.75 Å². The van der Waals surface area contributed by atoms with Crippen LogP contribution in [0.5, 0.6) is 5.75 Å². The Balaban J connectivity index is 2.23.